The van der Waals surface area contributed by atoms with Crippen LogP contribution in [-0.4, -0.2) is 17.7 Å². The molecule has 4 heteroatoms. The first-order chi connectivity index (χ1) is 6.29. The number of benzene rings is 1. The van der Waals surface area contributed by atoms with E-state index in [0.717, 1.165) is 5.69 Å². The van der Waals surface area contributed by atoms with Gasteiger partial charge in [0.2, 0.25) is 5.96 Å². The van der Waals surface area contributed by atoms with Crippen molar-refractivity contribution in [1.29, 1.82) is 0 Å². The minimum absolute atomic E-state index is 0.105. The number of anilines is 1. The monoisotopic (exact) mass is 179 g/mol. The zero-order valence-electron chi connectivity index (χ0n) is 7.51. The molecule has 70 valence electrons. The molecule has 0 bridgehead atoms. The third-order valence-corrected chi connectivity index (χ3v) is 1.76. The summed E-state index contributed by atoms with van der Waals surface area (Å²) in [6, 6.07) is 9.54. The number of oxime groups is 1. The van der Waals surface area contributed by atoms with E-state index >= 15 is 0 Å². The Hall–Kier alpha value is -1.71. The maximum atomic E-state index is 8.52. The predicted octanol–water partition coefficient (Wildman–Crippen LogP) is 1.22. The van der Waals surface area contributed by atoms with Crippen LogP contribution in [0.5, 0.6) is 0 Å². The van der Waals surface area contributed by atoms with E-state index in [1.807, 2.05) is 37.3 Å². The Morgan fingerprint density at radius 3 is 2.54 bits per heavy atom. The van der Waals surface area contributed by atoms with Gasteiger partial charge in [-0.1, -0.05) is 23.4 Å². The third kappa shape index (κ3) is 2.11. The molecule has 0 aliphatic heterocycles. The highest BCUT2D eigenvalue weighted by atomic mass is 16.4. The molecule has 0 atom stereocenters. The Morgan fingerprint density at radius 1 is 1.46 bits per heavy atom. The average Bonchev–Trinajstić information content (AvgIpc) is 2.20. The van der Waals surface area contributed by atoms with Gasteiger partial charge in [0, 0.05) is 12.2 Å². The normalized spacial score (nSPS) is 11.3. The van der Waals surface area contributed by atoms with Crippen LogP contribution in [0.25, 0.3) is 0 Å². The predicted molar refractivity (Wildman–Crippen MR) is 52.9 cm³/mol. The third-order valence-electron chi connectivity index (χ3n) is 1.76. The molecule has 0 aliphatic carbocycles. The standard InChI is InChI=1S/C9H13N3O/c1-2-12(9(10)11-13)8-6-4-3-5-7-8/h3-7,13H,2H2,1H3,(H2,10,11). The lowest BCUT2D eigenvalue weighted by Crippen LogP contribution is -2.37. The minimum Gasteiger partial charge on any atom is -0.408 e. The van der Waals surface area contributed by atoms with E-state index in [1.54, 1.807) is 4.90 Å². The zero-order valence-corrected chi connectivity index (χ0v) is 7.51. The van der Waals surface area contributed by atoms with Gasteiger partial charge in [-0.05, 0) is 19.1 Å². The van der Waals surface area contributed by atoms with Crippen molar-refractivity contribution < 1.29 is 5.21 Å². The fourth-order valence-corrected chi connectivity index (χ4v) is 1.14. The van der Waals surface area contributed by atoms with Gasteiger partial charge in [-0.15, -0.1) is 0 Å². The second-order valence-electron chi connectivity index (χ2n) is 2.54. The van der Waals surface area contributed by atoms with E-state index in [0.29, 0.717) is 6.54 Å². The molecule has 0 saturated carbocycles. The number of hydrogen-bond donors (Lipinski definition) is 2. The molecule has 0 unspecified atom stereocenters. The van der Waals surface area contributed by atoms with E-state index in [9.17, 15) is 0 Å². The Bertz CT molecular complexity index is 284. The molecule has 1 aromatic rings. The lowest BCUT2D eigenvalue weighted by atomic mass is 10.3. The highest BCUT2D eigenvalue weighted by Gasteiger charge is 2.06. The van der Waals surface area contributed by atoms with Crippen LogP contribution in [0.2, 0.25) is 0 Å². The molecular formula is C9H13N3O. The SMILES string of the molecule is CCN(/C(N)=N/O)c1ccccc1. The molecule has 13 heavy (non-hydrogen) atoms. The fourth-order valence-electron chi connectivity index (χ4n) is 1.14. The first-order valence-electron chi connectivity index (χ1n) is 4.09. The van der Waals surface area contributed by atoms with Crippen molar-refractivity contribution in [2.24, 2.45) is 10.9 Å². The quantitative estimate of drug-likeness (QED) is 0.310. The molecule has 0 aliphatic rings. The van der Waals surface area contributed by atoms with Crippen molar-refractivity contribution in [3.8, 4) is 0 Å². The lowest BCUT2D eigenvalue weighted by Gasteiger charge is -2.20. The van der Waals surface area contributed by atoms with E-state index in [4.69, 9.17) is 10.9 Å². The van der Waals surface area contributed by atoms with Crippen LogP contribution in [0.3, 0.4) is 0 Å². The van der Waals surface area contributed by atoms with E-state index in [1.165, 1.54) is 0 Å². The summed E-state index contributed by atoms with van der Waals surface area (Å²) in [5.41, 5.74) is 6.40. The van der Waals surface area contributed by atoms with E-state index in [-0.39, 0.29) is 5.96 Å². The molecule has 0 spiro atoms. The van der Waals surface area contributed by atoms with Crippen molar-refractivity contribution in [3.63, 3.8) is 0 Å². The molecule has 0 aromatic heterocycles. The van der Waals surface area contributed by atoms with Crippen molar-refractivity contribution in [1.82, 2.24) is 0 Å². The largest absolute Gasteiger partial charge is 0.408 e. The number of nitrogens with zero attached hydrogens (tertiary/aromatic N) is 2. The van der Waals surface area contributed by atoms with Crippen LogP contribution in [-0.2, 0) is 0 Å². The fraction of sp³-hybridized carbons (Fsp3) is 0.222. The summed E-state index contributed by atoms with van der Waals surface area (Å²) in [5.74, 6) is 0.105. The summed E-state index contributed by atoms with van der Waals surface area (Å²) in [5, 5.41) is 11.5. The van der Waals surface area contributed by atoms with Crippen molar-refractivity contribution >= 4 is 11.6 Å². The zero-order chi connectivity index (χ0) is 9.68. The molecule has 0 radical (unpaired) electrons. The van der Waals surface area contributed by atoms with Crippen LogP contribution in [0.4, 0.5) is 5.69 Å². The van der Waals surface area contributed by atoms with Crippen molar-refractivity contribution in [2.75, 3.05) is 11.4 Å². The summed E-state index contributed by atoms with van der Waals surface area (Å²) in [6.45, 7) is 2.60. The second kappa shape index (κ2) is 4.35. The molecule has 0 saturated heterocycles. The number of hydrogen-bond acceptors (Lipinski definition) is 2. The summed E-state index contributed by atoms with van der Waals surface area (Å²) >= 11 is 0. The Labute approximate surface area is 77.3 Å². The van der Waals surface area contributed by atoms with Gasteiger partial charge < -0.3 is 15.8 Å². The van der Waals surface area contributed by atoms with Crippen molar-refractivity contribution in [2.45, 2.75) is 6.92 Å². The first kappa shape index (κ1) is 9.38. The Kier molecular flexibility index (Phi) is 3.14. The number of para-hydroxylation sites is 1. The summed E-state index contributed by atoms with van der Waals surface area (Å²) < 4.78 is 0. The van der Waals surface area contributed by atoms with E-state index < -0.39 is 0 Å². The van der Waals surface area contributed by atoms with Crippen LogP contribution in [0.15, 0.2) is 35.5 Å². The van der Waals surface area contributed by atoms with Gasteiger partial charge in [-0.3, -0.25) is 0 Å². The average molecular weight is 179 g/mol. The molecule has 1 rings (SSSR count). The molecule has 0 heterocycles. The number of guanidine groups is 1. The number of rotatable bonds is 2. The molecular weight excluding hydrogens is 166 g/mol. The first-order valence-corrected chi connectivity index (χ1v) is 4.09. The van der Waals surface area contributed by atoms with Gasteiger partial charge >= 0.3 is 0 Å². The van der Waals surface area contributed by atoms with Gasteiger partial charge in [-0.25, -0.2) is 0 Å². The van der Waals surface area contributed by atoms with Gasteiger partial charge in [0.15, 0.2) is 0 Å². The minimum atomic E-state index is 0.105. The highest BCUT2D eigenvalue weighted by Crippen LogP contribution is 2.11. The van der Waals surface area contributed by atoms with Crippen molar-refractivity contribution in [3.05, 3.63) is 30.3 Å². The molecule has 0 amide bonds. The van der Waals surface area contributed by atoms with Gasteiger partial charge in [0.25, 0.3) is 0 Å². The van der Waals surface area contributed by atoms with Gasteiger partial charge in [0.05, 0.1) is 0 Å². The van der Waals surface area contributed by atoms with Crippen LogP contribution in [0.1, 0.15) is 6.92 Å². The molecule has 0 fully saturated rings. The van der Waals surface area contributed by atoms with Gasteiger partial charge in [-0.2, -0.15) is 0 Å². The topological polar surface area (TPSA) is 61.8 Å². The van der Waals surface area contributed by atoms with Crippen LogP contribution < -0.4 is 10.6 Å². The molecule has 3 N–H and O–H groups in total. The smallest absolute Gasteiger partial charge is 0.237 e. The van der Waals surface area contributed by atoms with Crippen LogP contribution in [0, 0.1) is 0 Å². The van der Waals surface area contributed by atoms with E-state index in [2.05, 4.69) is 5.16 Å². The molecule has 1 aromatic carbocycles. The Balaban J connectivity index is 2.91. The Morgan fingerprint density at radius 2 is 2.08 bits per heavy atom. The van der Waals surface area contributed by atoms with Crippen LogP contribution >= 0.6 is 0 Å². The summed E-state index contributed by atoms with van der Waals surface area (Å²) in [4.78, 5) is 1.71. The summed E-state index contributed by atoms with van der Waals surface area (Å²) in [7, 11) is 0. The summed E-state index contributed by atoms with van der Waals surface area (Å²) in [6.07, 6.45) is 0. The lowest BCUT2D eigenvalue weighted by molar-refractivity contribution is 0.317. The molecule has 4 nitrogen and oxygen atoms in total. The maximum Gasteiger partial charge on any atom is 0.237 e. The maximum absolute atomic E-state index is 8.52. The second-order valence-corrected chi connectivity index (χ2v) is 2.54. The number of nitrogens with two attached hydrogens (primary N) is 1. The van der Waals surface area contributed by atoms with Gasteiger partial charge in [0.1, 0.15) is 0 Å². The highest BCUT2D eigenvalue weighted by molar-refractivity contribution is 5.94.